The highest BCUT2D eigenvalue weighted by atomic mass is 16.3. The summed E-state index contributed by atoms with van der Waals surface area (Å²) < 4.78 is 0. The number of phenolic OH excluding ortho intramolecular Hbond substituents is 8. The Kier molecular flexibility index (Phi) is 12.2. The van der Waals surface area contributed by atoms with E-state index in [9.17, 15) is 40.9 Å². The molecule has 3 aliphatic rings. The van der Waals surface area contributed by atoms with Crippen LogP contribution in [-0.4, -0.2) is 40.9 Å². The standard InChI is InChI=1S/C32H32O8.C13H24.CH4/c1-13-17-5-19(27(35)9-25(17)33)14(2)21-7-23(31(39)11-29(21)37)16(4)24-8-22(30(38)12-32(24)40)15(3)20-6-18(13)26(34)10-28(20)36;1-11-7-9-13(10-8-11)12-5-3-2-4-6-12;/h5-16,33-40H,1-4H3;11-13H,2-10H2,1H3;1H4. The van der Waals surface area contributed by atoms with Gasteiger partial charge in [0.25, 0.3) is 0 Å². The summed E-state index contributed by atoms with van der Waals surface area (Å²) in [4.78, 5) is 0. The molecule has 2 saturated carbocycles. The molecule has 7 rings (SSSR count). The van der Waals surface area contributed by atoms with Crippen molar-refractivity contribution in [3.63, 3.8) is 0 Å². The number of rotatable bonds is 1. The highest BCUT2D eigenvalue weighted by Gasteiger charge is 2.30. The molecule has 0 saturated heterocycles. The molecule has 0 amide bonds. The fourth-order valence-electron chi connectivity index (χ4n) is 9.25. The zero-order valence-electron chi connectivity index (χ0n) is 31.6. The number of phenols is 8. The molecule has 0 atom stereocenters. The average molecular weight is 741 g/mol. The molecule has 4 aromatic carbocycles. The molecule has 292 valence electrons. The van der Waals surface area contributed by atoms with Crippen LogP contribution >= 0.6 is 0 Å². The van der Waals surface area contributed by atoms with Gasteiger partial charge in [-0.1, -0.05) is 87.0 Å². The van der Waals surface area contributed by atoms with Crippen molar-refractivity contribution in [2.75, 3.05) is 0 Å². The average Bonchev–Trinajstić information content (AvgIpc) is 3.11. The number of benzene rings is 4. The predicted molar refractivity (Wildman–Crippen MR) is 214 cm³/mol. The van der Waals surface area contributed by atoms with E-state index in [0.29, 0.717) is 44.5 Å². The summed E-state index contributed by atoms with van der Waals surface area (Å²) in [5.74, 6) is -0.716. The zero-order valence-corrected chi connectivity index (χ0v) is 31.6. The number of fused-ring (bicyclic) bond motifs is 8. The van der Waals surface area contributed by atoms with Gasteiger partial charge in [0.15, 0.2) is 0 Å². The third kappa shape index (κ3) is 7.89. The Morgan fingerprint density at radius 3 is 0.778 bits per heavy atom. The third-order valence-corrected chi connectivity index (χ3v) is 12.8. The Balaban J connectivity index is 0.000000337. The fourth-order valence-corrected chi connectivity index (χ4v) is 9.25. The molecule has 2 fully saturated rings. The van der Waals surface area contributed by atoms with Gasteiger partial charge in [0.2, 0.25) is 0 Å². The lowest BCUT2D eigenvalue weighted by Gasteiger charge is -2.34. The van der Waals surface area contributed by atoms with E-state index in [1.54, 1.807) is 77.6 Å². The highest BCUT2D eigenvalue weighted by molar-refractivity contribution is 5.61. The van der Waals surface area contributed by atoms with Gasteiger partial charge in [-0.15, -0.1) is 0 Å². The molecular formula is C46H60O8. The zero-order chi connectivity index (χ0) is 38.3. The molecule has 0 spiro atoms. The lowest BCUT2D eigenvalue weighted by atomic mass is 9.71. The van der Waals surface area contributed by atoms with E-state index in [-0.39, 0.29) is 53.4 Å². The number of hydrogen-bond donors (Lipinski definition) is 8. The first-order valence-corrected chi connectivity index (χ1v) is 19.4. The molecule has 8 bridgehead atoms. The number of aromatic hydroxyl groups is 8. The summed E-state index contributed by atoms with van der Waals surface area (Å²) in [6.45, 7) is 9.48. The van der Waals surface area contributed by atoms with Crippen LogP contribution in [0.15, 0.2) is 48.5 Å². The first-order valence-electron chi connectivity index (χ1n) is 19.4. The van der Waals surface area contributed by atoms with Gasteiger partial charge < -0.3 is 40.9 Å². The summed E-state index contributed by atoms with van der Waals surface area (Å²) in [6.07, 6.45) is 13.8. The molecule has 0 aromatic heterocycles. The summed E-state index contributed by atoms with van der Waals surface area (Å²) in [5.41, 5.74) is 3.17. The second kappa shape index (κ2) is 16.3. The summed E-state index contributed by atoms with van der Waals surface area (Å²) in [5, 5.41) is 86.5. The number of hydrogen-bond acceptors (Lipinski definition) is 8. The minimum absolute atomic E-state index is 0. The molecule has 3 aliphatic carbocycles. The van der Waals surface area contributed by atoms with Crippen molar-refractivity contribution < 1.29 is 40.9 Å². The van der Waals surface area contributed by atoms with Crippen LogP contribution in [0, 0.1) is 17.8 Å². The first kappa shape index (κ1) is 40.5. The van der Waals surface area contributed by atoms with Crippen LogP contribution in [0.5, 0.6) is 46.0 Å². The van der Waals surface area contributed by atoms with Crippen molar-refractivity contribution in [1.29, 1.82) is 0 Å². The van der Waals surface area contributed by atoms with Crippen molar-refractivity contribution in [3.8, 4) is 46.0 Å². The lowest BCUT2D eigenvalue weighted by Crippen LogP contribution is -2.22. The van der Waals surface area contributed by atoms with Gasteiger partial charge in [0.1, 0.15) is 46.0 Å². The van der Waals surface area contributed by atoms with Gasteiger partial charge in [-0.05, 0) is 54.9 Å². The van der Waals surface area contributed by atoms with E-state index in [4.69, 9.17) is 0 Å². The Hall–Kier alpha value is -4.72. The lowest BCUT2D eigenvalue weighted by molar-refractivity contribution is 0.173. The molecule has 8 nitrogen and oxygen atoms in total. The van der Waals surface area contributed by atoms with Gasteiger partial charge in [-0.25, -0.2) is 0 Å². The summed E-state index contributed by atoms with van der Waals surface area (Å²) in [7, 11) is 0. The fraction of sp³-hybridized carbons (Fsp3) is 0.478. The highest BCUT2D eigenvalue weighted by Crippen LogP contribution is 2.49. The Morgan fingerprint density at radius 2 is 0.537 bits per heavy atom. The van der Waals surface area contributed by atoms with E-state index in [2.05, 4.69) is 6.92 Å². The second-order valence-corrected chi connectivity index (χ2v) is 16.2. The van der Waals surface area contributed by atoms with Crippen LogP contribution in [0.4, 0.5) is 0 Å². The van der Waals surface area contributed by atoms with Crippen molar-refractivity contribution in [3.05, 3.63) is 93.0 Å². The Morgan fingerprint density at radius 1 is 0.315 bits per heavy atom. The van der Waals surface area contributed by atoms with Gasteiger partial charge in [-0.3, -0.25) is 0 Å². The molecule has 54 heavy (non-hydrogen) atoms. The molecule has 0 heterocycles. The van der Waals surface area contributed by atoms with Crippen LogP contribution < -0.4 is 0 Å². The predicted octanol–water partition coefficient (Wildman–Crippen LogP) is 11.3. The van der Waals surface area contributed by atoms with Crippen molar-refractivity contribution in [2.24, 2.45) is 17.8 Å². The topological polar surface area (TPSA) is 162 Å². The monoisotopic (exact) mass is 740 g/mol. The van der Waals surface area contributed by atoms with Crippen LogP contribution in [0.2, 0.25) is 0 Å². The molecule has 8 heteroatoms. The van der Waals surface area contributed by atoms with Gasteiger partial charge in [-0.2, -0.15) is 0 Å². The maximum absolute atomic E-state index is 10.8. The van der Waals surface area contributed by atoms with Gasteiger partial charge >= 0.3 is 0 Å². The molecule has 8 N–H and O–H groups in total. The molecule has 0 aliphatic heterocycles. The van der Waals surface area contributed by atoms with E-state index < -0.39 is 23.7 Å². The van der Waals surface area contributed by atoms with Crippen LogP contribution in [0.25, 0.3) is 0 Å². The van der Waals surface area contributed by atoms with Crippen LogP contribution in [-0.2, 0) is 0 Å². The van der Waals surface area contributed by atoms with Gasteiger partial charge in [0.05, 0.1) is 0 Å². The minimum Gasteiger partial charge on any atom is -0.508 e. The SMILES string of the molecule is C.CC1CCC(C2CCCCC2)CC1.CC1c2cc(c(O)cc2O)C(C)c2cc(c(O)cc2O)C(C)c2cc(c(O)cc2O)C(C)c2cc1c(O)cc2O. The molecule has 4 aromatic rings. The van der Waals surface area contributed by atoms with Crippen molar-refractivity contribution in [2.45, 2.75) is 124 Å². The van der Waals surface area contributed by atoms with Gasteiger partial charge in [0, 0.05) is 92.4 Å². The molecule has 0 unspecified atom stereocenters. The van der Waals surface area contributed by atoms with Crippen LogP contribution in [0.1, 0.15) is 168 Å². The summed E-state index contributed by atoms with van der Waals surface area (Å²) in [6, 6.07) is 11.3. The Bertz CT molecular complexity index is 1610. The van der Waals surface area contributed by atoms with Crippen molar-refractivity contribution >= 4 is 0 Å². The second-order valence-electron chi connectivity index (χ2n) is 16.2. The normalized spacial score (nSPS) is 24.1. The molecule has 0 radical (unpaired) electrons. The maximum atomic E-state index is 10.8. The van der Waals surface area contributed by atoms with Crippen LogP contribution in [0.3, 0.4) is 0 Å². The Labute approximate surface area is 320 Å². The maximum Gasteiger partial charge on any atom is 0.123 e. The van der Waals surface area contributed by atoms with E-state index in [1.807, 2.05) is 0 Å². The van der Waals surface area contributed by atoms with E-state index >= 15 is 0 Å². The quantitative estimate of drug-likeness (QED) is 0.0956. The van der Waals surface area contributed by atoms with E-state index in [1.165, 1.54) is 56.4 Å². The smallest absolute Gasteiger partial charge is 0.123 e. The van der Waals surface area contributed by atoms with E-state index in [0.717, 1.165) is 17.8 Å². The minimum atomic E-state index is -0.598. The molecular weight excluding hydrogens is 680 g/mol. The largest absolute Gasteiger partial charge is 0.508 e. The van der Waals surface area contributed by atoms with Crippen molar-refractivity contribution in [1.82, 2.24) is 0 Å². The first-order chi connectivity index (χ1) is 25.2. The summed E-state index contributed by atoms with van der Waals surface area (Å²) >= 11 is 0. The third-order valence-electron chi connectivity index (χ3n) is 12.8.